The largest absolute Gasteiger partial charge is 0.469 e. The summed E-state index contributed by atoms with van der Waals surface area (Å²) in [5, 5.41) is 0. The van der Waals surface area contributed by atoms with Gasteiger partial charge in [-0.15, -0.1) is 0 Å². The van der Waals surface area contributed by atoms with Crippen molar-refractivity contribution in [3.63, 3.8) is 0 Å². The Bertz CT molecular complexity index is 449. The second kappa shape index (κ2) is 6.18. The van der Waals surface area contributed by atoms with E-state index in [4.69, 9.17) is 0 Å². The highest BCUT2D eigenvalue weighted by molar-refractivity contribution is 5.96. The van der Waals surface area contributed by atoms with Crippen molar-refractivity contribution in [1.29, 1.82) is 0 Å². The van der Waals surface area contributed by atoms with Crippen LogP contribution in [0.2, 0.25) is 0 Å². The van der Waals surface area contributed by atoms with Crippen LogP contribution in [-0.2, 0) is 9.53 Å². The van der Waals surface area contributed by atoms with Gasteiger partial charge in [-0.1, -0.05) is 0 Å². The SMILES string of the molecule is COC(=O)CCCC(=O)c1cc(F)c(F)c(F)c1. The Kier molecular flexibility index (Phi) is 4.88. The van der Waals surface area contributed by atoms with E-state index < -0.39 is 29.2 Å². The maximum absolute atomic E-state index is 12.9. The number of carbonyl (C=O) groups is 2. The maximum atomic E-state index is 12.9. The van der Waals surface area contributed by atoms with Gasteiger partial charge >= 0.3 is 5.97 Å². The van der Waals surface area contributed by atoms with Crippen molar-refractivity contribution in [1.82, 2.24) is 0 Å². The second-order valence-corrected chi connectivity index (χ2v) is 3.61. The highest BCUT2D eigenvalue weighted by Crippen LogP contribution is 2.15. The van der Waals surface area contributed by atoms with Crippen LogP contribution in [0.15, 0.2) is 12.1 Å². The van der Waals surface area contributed by atoms with Crippen LogP contribution in [0.4, 0.5) is 13.2 Å². The fourth-order valence-corrected chi connectivity index (χ4v) is 1.36. The van der Waals surface area contributed by atoms with Gasteiger partial charge in [-0.2, -0.15) is 0 Å². The lowest BCUT2D eigenvalue weighted by Gasteiger charge is -2.03. The maximum Gasteiger partial charge on any atom is 0.305 e. The van der Waals surface area contributed by atoms with Crippen molar-refractivity contribution >= 4 is 11.8 Å². The number of ketones is 1. The predicted octanol–water partition coefficient (Wildman–Crippen LogP) is 2.63. The van der Waals surface area contributed by atoms with E-state index in [0.29, 0.717) is 12.1 Å². The Morgan fingerprint density at radius 2 is 1.67 bits per heavy atom. The predicted molar refractivity (Wildman–Crippen MR) is 56.5 cm³/mol. The molecule has 0 saturated carbocycles. The standard InChI is InChI=1S/C12H11F3O3/c1-18-11(17)4-2-3-10(16)7-5-8(13)12(15)9(14)6-7/h5-6H,2-4H2,1H3. The molecule has 0 aliphatic carbocycles. The average molecular weight is 260 g/mol. The lowest BCUT2D eigenvalue weighted by atomic mass is 10.0. The first kappa shape index (κ1) is 14.2. The van der Waals surface area contributed by atoms with Crippen LogP contribution in [0.5, 0.6) is 0 Å². The summed E-state index contributed by atoms with van der Waals surface area (Å²) >= 11 is 0. The molecule has 0 bridgehead atoms. The molecule has 1 rings (SSSR count). The van der Waals surface area contributed by atoms with Crippen LogP contribution in [0.1, 0.15) is 29.6 Å². The molecule has 0 aromatic heterocycles. The fraction of sp³-hybridized carbons (Fsp3) is 0.333. The summed E-state index contributed by atoms with van der Waals surface area (Å²) in [6, 6.07) is 1.28. The molecule has 6 heteroatoms. The van der Waals surface area contributed by atoms with Crippen LogP contribution in [0.3, 0.4) is 0 Å². The first-order chi connectivity index (χ1) is 8.45. The normalized spacial score (nSPS) is 10.2. The molecule has 0 amide bonds. The molecule has 0 radical (unpaired) electrons. The van der Waals surface area contributed by atoms with Gasteiger partial charge in [0.1, 0.15) is 0 Å². The van der Waals surface area contributed by atoms with E-state index in [-0.39, 0.29) is 24.8 Å². The lowest BCUT2D eigenvalue weighted by Crippen LogP contribution is -2.05. The molecular weight excluding hydrogens is 249 g/mol. The minimum Gasteiger partial charge on any atom is -0.469 e. The summed E-state index contributed by atoms with van der Waals surface area (Å²) in [5.74, 6) is -5.46. The summed E-state index contributed by atoms with van der Waals surface area (Å²) in [6.45, 7) is 0. The average Bonchev–Trinajstić information content (AvgIpc) is 2.34. The summed E-state index contributed by atoms with van der Waals surface area (Å²) in [4.78, 5) is 22.3. The first-order valence-corrected chi connectivity index (χ1v) is 5.20. The van der Waals surface area contributed by atoms with E-state index >= 15 is 0 Å². The van der Waals surface area contributed by atoms with E-state index in [1.165, 1.54) is 7.11 Å². The van der Waals surface area contributed by atoms with Crippen LogP contribution >= 0.6 is 0 Å². The number of halogens is 3. The molecule has 1 aromatic carbocycles. The molecule has 3 nitrogen and oxygen atoms in total. The summed E-state index contributed by atoms with van der Waals surface area (Å²) in [5.41, 5.74) is -0.253. The molecule has 0 N–H and O–H groups in total. The summed E-state index contributed by atoms with van der Waals surface area (Å²) in [6.07, 6.45) is 0.167. The third-order valence-electron chi connectivity index (χ3n) is 2.32. The molecule has 18 heavy (non-hydrogen) atoms. The second-order valence-electron chi connectivity index (χ2n) is 3.61. The molecule has 0 aliphatic rings. The topological polar surface area (TPSA) is 43.4 Å². The van der Waals surface area contributed by atoms with Crippen LogP contribution in [-0.4, -0.2) is 18.9 Å². The number of benzene rings is 1. The number of carbonyl (C=O) groups excluding carboxylic acids is 2. The monoisotopic (exact) mass is 260 g/mol. The first-order valence-electron chi connectivity index (χ1n) is 5.20. The quantitative estimate of drug-likeness (QED) is 0.464. The number of hydrogen-bond donors (Lipinski definition) is 0. The molecule has 0 aliphatic heterocycles. The Labute approximate surface area is 102 Å². The zero-order valence-electron chi connectivity index (χ0n) is 9.63. The number of methoxy groups -OCH3 is 1. The zero-order valence-corrected chi connectivity index (χ0v) is 9.63. The van der Waals surface area contributed by atoms with Crippen molar-refractivity contribution in [2.75, 3.05) is 7.11 Å². The van der Waals surface area contributed by atoms with Crippen molar-refractivity contribution in [3.05, 3.63) is 35.1 Å². The molecule has 0 saturated heterocycles. The molecular formula is C12H11F3O3. The fourth-order valence-electron chi connectivity index (χ4n) is 1.36. The third kappa shape index (κ3) is 3.58. The molecule has 0 fully saturated rings. The minimum absolute atomic E-state index is 0.0361. The molecule has 98 valence electrons. The van der Waals surface area contributed by atoms with Crippen LogP contribution in [0.25, 0.3) is 0 Å². The Morgan fingerprint density at radius 3 is 2.17 bits per heavy atom. The Morgan fingerprint density at radius 1 is 1.11 bits per heavy atom. The summed E-state index contributed by atoms with van der Waals surface area (Å²) < 4.78 is 42.8. The summed E-state index contributed by atoms with van der Waals surface area (Å²) in [7, 11) is 1.22. The zero-order chi connectivity index (χ0) is 13.7. The van der Waals surface area contributed by atoms with E-state index in [9.17, 15) is 22.8 Å². The van der Waals surface area contributed by atoms with Crippen LogP contribution < -0.4 is 0 Å². The highest BCUT2D eigenvalue weighted by atomic mass is 19.2. The molecule has 0 heterocycles. The van der Waals surface area contributed by atoms with Gasteiger partial charge in [0.05, 0.1) is 7.11 Å². The number of Topliss-reactive ketones (excluding diaryl/α,β-unsaturated/α-hetero) is 1. The number of rotatable bonds is 5. The number of hydrogen-bond acceptors (Lipinski definition) is 3. The van der Waals surface area contributed by atoms with Gasteiger partial charge in [-0.05, 0) is 18.6 Å². The van der Waals surface area contributed by atoms with Crippen molar-refractivity contribution in [2.45, 2.75) is 19.3 Å². The van der Waals surface area contributed by atoms with E-state index in [1.807, 2.05) is 0 Å². The third-order valence-corrected chi connectivity index (χ3v) is 2.32. The van der Waals surface area contributed by atoms with Crippen LogP contribution in [0, 0.1) is 17.5 Å². The Balaban J connectivity index is 2.65. The molecule has 0 unspecified atom stereocenters. The number of ether oxygens (including phenoxy) is 1. The molecule has 1 aromatic rings. The van der Waals surface area contributed by atoms with E-state index in [1.54, 1.807) is 0 Å². The van der Waals surface area contributed by atoms with E-state index in [2.05, 4.69) is 4.74 Å². The number of esters is 1. The minimum atomic E-state index is -1.61. The molecule has 0 atom stereocenters. The smallest absolute Gasteiger partial charge is 0.305 e. The lowest BCUT2D eigenvalue weighted by molar-refractivity contribution is -0.140. The van der Waals surface area contributed by atoms with Gasteiger partial charge in [0.2, 0.25) is 0 Å². The highest BCUT2D eigenvalue weighted by Gasteiger charge is 2.15. The van der Waals surface area contributed by atoms with Gasteiger partial charge < -0.3 is 4.74 Å². The Hall–Kier alpha value is -1.85. The molecule has 0 spiro atoms. The van der Waals surface area contributed by atoms with Crippen molar-refractivity contribution in [2.24, 2.45) is 0 Å². The van der Waals surface area contributed by atoms with Crippen molar-refractivity contribution < 1.29 is 27.5 Å². The van der Waals surface area contributed by atoms with Gasteiger partial charge in [-0.3, -0.25) is 9.59 Å². The van der Waals surface area contributed by atoms with Gasteiger partial charge in [-0.25, -0.2) is 13.2 Å². The van der Waals surface area contributed by atoms with Gasteiger partial charge in [0.15, 0.2) is 23.2 Å². The van der Waals surface area contributed by atoms with E-state index in [0.717, 1.165) is 0 Å². The van der Waals surface area contributed by atoms with Gasteiger partial charge in [0.25, 0.3) is 0 Å². The van der Waals surface area contributed by atoms with Gasteiger partial charge in [0, 0.05) is 18.4 Å². The van der Waals surface area contributed by atoms with Crippen molar-refractivity contribution in [3.8, 4) is 0 Å².